The molecule has 5 heteroatoms. The maximum atomic E-state index is 14.0. The normalized spacial score (nSPS) is 12.7. The molecule has 1 unspecified atom stereocenters. The van der Waals surface area contributed by atoms with Crippen LogP contribution in [0.4, 0.5) is 4.39 Å². The summed E-state index contributed by atoms with van der Waals surface area (Å²) in [6.07, 6.45) is 3.60. The van der Waals surface area contributed by atoms with Crippen LogP contribution in [0.3, 0.4) is 0 Å². The van der Waals surface area contributed by atoms with Crippen LogP contribution in [0.5, 0.6) is 0 Å². The number of aromatic nitrogens is 2. The van der Waals surface area contributed by atoms with Crippen LogP contribution in [0.1, 0.15) is 18.5 Å². The molecule has 0 bridgehead atoms. The number of halogens is 1. The predicted octanol–water partition coefficient (Wildman–Crippen LogP) is 2.99. The van der Waals surface area contributed by atoms with Crippen LogP contribution in [0.15, 0.2) is 40.4 Å². The molecule has 1 N–H and O–H groups in total. The van der Waals surface area contributed by atoms with E-state index in [2.05, 4.69) is 10.4 Å². The number of hydrogen-bond acceptors (Lipinski definition) is 3. The molecule has 1 aromatic carbocycles. The maximum Gasteiger partial charge on any atom is 0.137 e. The van der Waals surface area contributed by atoms with E-state index in [1.165, 1.54) is 11.8 Å². The van der Waals surface area contributed by atoms with Gasteiger partial charge in [-0.25, -0.2) is 4.39 Å². The van der Waals surface area contributed by atoms with Gasteiger partial charge in [0.1, 0.15) is 5.82 Å². The molecular weight excluding hydrogens is 249 g/mol. The van der Waals surface area contributed by atoms with E-state index in [4.69, 9.17) is 0 Å². The largest absolute Gasteiger partial charge is 0.313 e. The average Bonchev–Trinajstić information content (AvgIpc) is 2.76. The molecule has 0 amide bonds. The van der Waals surface area contributed by atoms with Crippen molar-refractivity contribution in [3.8, 4) is 0 Å². The summed E-state index contributed by atoms with van der Waals surface area (Å²) in [7, 11) is 3.71. The summed E-state index contributed by atoms with van der Waals surface area (Å²) in [5.41, 5.74) is 0.950. The van der Waals surface area contributed by atoms with Crippen molar-refractivity contribution in [3.05, 3.63) is 42.0 Å². The fraction of sp³-hybridized carbons (Fsp3) is 0.308. The first-order valence-corrected chi connectivity index (χ1v) is 6.55. The van der Waals surface area contributed by atoms with E-state index in [1.807, 2.05) is 39.3 Å². The summed E-state index contributed by atoms with van der Waals surface area (Å²) in [5.74, 6) is -0.191. The molecule has 1 aromatic heterocycles. The van der Waals surface area contributed by atoms with Crippen LogP contribution in [-0.2, 0) is 7.05 Å². The molecule has 1 atom stereocenters. The second-order valence-electron chi connectivity index (χ2n) is 4.15. The molecule has 0 aliphatic carbocycles. The zero-order valence-corrected chi connectivity index (χ0v) is 11.5. The van der Waals surface area contributed by atoms with Crippen molar-refractivity contribution in [2.45, 2.75) is 22.8 Å². The molecule has 0 aliphatic heterocycles. The van der Waals surface area contributed by atoms with E-state index in [9.17, 15) is 4.39 Å². The van der Waals surface area contributed by atoms with Crippen LogP contribution in [0.25, 0.3) is 0 Å². The summed E-state index contributed by atoms with van der Waals surface area (Å²) in [6.45, 7) is 2.00. The lowest BCUT2D eigenvalue weighted by molar-refractivity contribution is 0.587. The van der Waals surface area contributed by atoms with Crippen LogP contribution in [0, 0.1) is 5.82 Å². The molecular formula is C13H16FN3S. The van der Waals surface area contributed by atoms with E-state index >= 15 is 0 Å². The second kappa shape index (κ2) is 5.54. The maximum absolute atomic E-state index is 14.0. The van der Waals surface area contributed by atoms with E-state index in [0.717, 1.165) is 10.5 Å². The Morgan fingerprint density at radius 1 is 1.44 bits per heavy atom. The van der Waals surface area contributed by atoms with Gasteiger partial charge in [0.2, 0.25) is 0 Å². The Morgan fingerprint density at radius 2 is 2.22 bits per heavy atom. The number of rotatable bonds is 4. The summed E-state index contributed by atoms with van der Waals surface area (Å²) >= 11 is 1.38. The van der Waals surface area contributed by atoms with Gasteiger partial charge in [0.15, 0.2) is 0 Å². The Balaban J connectivity index is 2.19. The van der Waals surface area contributed by atoms with Crippen molar-refractivity contribution in [2.24, 2.45) is 7.05 Å². The lowest BCUT2D eigenvalue weighted by Gasteiger charge is -2.11. The Kier molecular flexibility index (Phi) is 4.04. The first kappa shape index (κ1) is 13.1. The Bertz CT molecular complexity index is 539. The highest BCUT2D eigenvalue weighted by atomic mass is 32.2. The molecule has 0 radical (unpaired) electrons. The van der Waals surface area contributed by atoms with Crippen LogP contribution >= 0.6 is 11.8 Å². The molecule has 0 saturated heterocycles. The van der Waals surface area contributed by atoms with Gasteiger partial charge in [-0.3, -0.25) is 4.68 Å². The molecule has 1 heterocycles. The van der Waals surface area contributed by atoms with Crippen LogP contribution in [-0.4, -0.2) is 16.8 Å². The summed E-state index contributed by atoms with van der Waals surface area (Å²) < 4.78 is 15.7. The zero-order valence-electron chi connectivity index (χ0n) is 10.6. The number of benzene rings is 1. The number of aryl methyl sites for hydroxylation is 1. The van der Waals surface area contributed by atoms with E-state index < -0.39 is 0 Å². The Morgan fingerprint density at radius 3 is 2.78 bits per heavy atom. The highest BCUT2D eigenvalue weighted by Crippen LogP contribution is 2.30. The lowest BCUT2D eigenvalue weighted by Crippen LogP contribution is -2.12. The minimum Gasteiger partial charge on any atom is -0.313 e. The van der Waals surface area contributed by atoms with Crippen molar-refractivity contribution in [3.63, 3.8) is 0 Å². The minimum atomic E-state index is -0.191. The summed E-state index contributed by atoms with van der Waals surface area (Å²) in [4.78, 5) is 1.56. The highest BCUT2D eigenvalue weighted by molar-refractivity contribution is 7.99. The Labute approximate surface area is 110 Å². The van der Waals surface area contributed by atoms with Crippen LogP contribution < -0.4 is 5.32 Å². The van der Waals surface area contributed by atoms with Crippen LogP contribution in [0.2, 0.25) is 0 Å². The molecule has 0 saturated carbocycles. The highest BCUT2D eigenvalue weighted by Gasteiger charge is 2.09. The second-order valence-corrected chi connectivity index (χ2v) is 5.27. The van der Waals surface area contributed by atoms with E-state index in [0.29, 0.717) is 4.90 Å². The molecule has 2 aromatic rings. The molecule has 96 valence electrons. The fourth-order valence-corrected chi connectivity index (χ4v) is 2.47. The molecule has 0 fully saturated rings. The van der Waals surface area contributed by atoms with Crippen molar-refractivity contribution in [1.82, 2.24) is 15.1 Å². The standard InChI is InChI=1S/C13H16FN3S/c1-9(15-2)10-4-5-13(12(14)6-10)18-11-7-16-17(3)8-11/h4-9,15H,1-3H3. The monoisotopic (exact) mass is 265 g/mol. The zero-order chi connectivity index (χ0) is 13.1. The third-order valence-corrected chi connectivity index (χ3v) is 3.80. The van der Waals surface area contributed by atoms with Crippen molar-refractivity contribution in [2.75, 3.05) is 7.05 Å². The average molecular weight is 265 g/mol. The fourth-order valence-electron chi connectivity index (χ4n) is 1.61. The topological polar surface area (TPSA) is 29.9 Å². The van der Waals surface area contributed by atoms with Gasteiger partial charge >= 0.3 is 0 Å². The van der Waals surface area contributed by atoms with Gasteiger partial charge in [0, 0.05) is 24.2 Å². The summed E-state index contributed by atoms with van der Waals surface area (Å²) in [5, 5.41) is 7.16. The van der Waals surface area contributed by atoms with Gasteiger partial charge in [-0.2, -0.15) is 5.10 Å². The first-order valence-electron chi connectivity index (χ1n) is 5.73. The quantitative estimate of drug-likeness (QED) is 0.921. The van der Waals surface area contributed by atoms with Gasteiger partial charge in [-0.05, 0) is 31.7 Å². The third kappa shape index (κ3) is 2.91. The molecule has 18 heavy (non-hydrogen) atoms. The third-order valence-electron chi connectivity index (χ3n) is 2.80. The first-order chi connectivity index (χ1) is 8.60. The van der Waals surface area contributed by atoms with Crippen molar-refractivity contribution < 1.29 is 4.39 Å². The molecule has 2 rings (SSSR count). The van der Waals surface area contributed by atoms with Gasteiger partial charge in [0.05, 0.1) is 11.1 Å². The van der Waals surface area contributed by atoms with E-state index in [-0.39, 0.29) is 11.9 Å². The SMILES string of the molecule is CNC(C)c1ccc(Sc2cnn(C)c2)c(F)c1. The number of hydrogen-bond donors (Lipinski definition) is 1. The number of nitrogens with one attached hydrogen (secondary N) is 1. The lowest BCUT2D eigenvalue weighted by atomic mass is 10.1. The Hall–Kier alpha value is -1.33. The van der Waals surface area contributed by atoms with Gasteiger partial charge in [-0.1, -0.05) is 17.8 Å². The van der Waals surface area contributed by atoms with E-state index in [1.54, 1.807) is 16.9 Å². The van der Waals surface area contributed by atoms with Crippen molar-refractivity contribution in [1.29, 1.82) is 0 Å². The van der Waals surface area contributed by atoms with Gasteiger partial charge in [0.25, 0.3) is 0 Å². The summed E-state index contributed by atoms with van der Waals surface area (Å²) in [6, 6.07) is 5.50. The molecule has 3 nitrogen and oxygen atoms in total. The van der Waals surface area contributed by atoms with Gasteiger partial charge < -0.3 is 5.32 Å². The number of nitrogens with zero attached hydrogens (tertiary/aromatic N) is 2. The molecule has 0 aliphatic rings. The van der Waals surface area contributed by atoms with Crippen molar-refractivity contribution >= 4 is 11.8 Å². The minimum absolute atomic E-state index is 0.150. The van der Waals surface area contributed by atoms with Gasteiger partial charge in [-0.15, -0.1) is 0 Å². The molecule has 0 spiro atoms. The predicted molar refractivity (Wildman–Crippen MR) is 71.2 cm³/mol. The smallest absolute Gasteiger partial charge is 0.137 e.